The highest BCUT2D eigenvalue weighted by molar-refractivity contribution is 6.07. The summed E-state index contributed by atoms with van der Waals surface area (Å²) in [5.41, 5.74) is 1.44. The predicted octanol–water partition coefficient (Wildman–Crippen LogP) is 2.37. The van der Waals surface area contributed by atoms with E-state index >= 15 is 0 Å². The number of morpholine rings is 1. The third-order valence-electron chi connectivity index (χ3n) is 3.48. The second kappa shape index (κ2) is 4.90. The van der Waals surface area contributed by atoms with Gasteiger partial charge in [0.15, 0.2) is 0 Å². The summed E-state index contributed by atoms with van der Waals surface area (Å²) >= 11 is 0. The molecule has 2 aromatic carbocycles. The van der Waals surface area contributed by atoms with Crippen LogP contribution >= 0.6 is 0 Å². The Morgan fingerprint density at radius 2 is 1.74 bits per heavy atom. The van der Waals surface area contributed by atoms with Crippen molar-refractivity contribution in [3.8, 4) is 0 Å². The SMILES string of the molecule is O=C(O)c1ccc(N2CCOCC2)c2ccccc12. The Labute approximate surface area is 111 Å². The molecule has 0 amide bonds. The number of ether oxygens (including phenoxy) is 1. The van der Waals surface area contributed by atoms with E-state index < -0.39 is 5.97 Å². The molecule has 4 nitrogen and oxygen atoms in total. The maximum Gasteiger partial charge on any atom is 0.336 e. The maximum absolute atomic E-state index is 11.3. The third kappa shape index (κ3) is 2.15. The van der Waals surface area contributed by atoms with Gasteiger partial charge in [0.2, 0.25) is 0 Å². The van der Waals surface area contributed by atoms with E-state index in [-0.39, 0.29) is 0 Å². The smallest absolute Gasteiger partial charge is 0.336 e. The minimum absolute atomic E-state index is 0.354. The lowest BCUT2D eigenvalue weighted by atomic mass is 10.0. The first-order valence-corrected chi connectivity index (χ1v) is 6.35. The van der Waals surface area contributed by atoms with E-state index in [1.165, 1.54) is 0 Å². The van der Waals surface area contributed by atoms with Gasteiger partial charge >= 0.3 is 5.97 Å². The highest BCUT2D eigenvalue weighted by Gasteiger charge is 2.16. The Hall–Kier alpha value is -2.07. The minimum atomic E-state index is -0.885. The van der Waals surface area contributed by atoms with Gasteiger partial charge in [-0.2, -0.15) is 0 Å². The van der Waals surface area contributed by atoms with E-state index in [9.17, 15) is 9.90 Å². The zero-order valence-electron chi connectivity index (χ0n) is 10.5. The number of carboxylic acid groups (broad SMARTS) is 1. The Bertz CT molecular complexity index is 618. The molecule has 4 heteroatoms. The van der Waals surface area contributed by atoms with Gasteiger partial charge in [0.05, 0.1) is 18.8 Å². The van der Waals surface area contributed by atoms with Crippen molar-refractivity contribution in [2.75, 3.05) is 31.2 Å². The molecule has 1 fully saturated rings. The number of aromatic carboxylic acids is 1. The fourth-order valence-electron chi connectivity index (χ4n) is 2.55. The van der Waals surface area contributed by atoms with Crippen LogP contribution < -0.4 is 4.90 Å². The van der Waals surface area contributed by atoms with Gasteiger partial charge in [0.25, 0.3) is 0 Å². The number of hydrogen-bond donors (Lipinski definition) is 1. The molecule has 98 valence electrons. The van der Waals surface area contributed by atoms with Gasteiger partial charge < -0.3 is 14.7 Å². The summed E-state index contributed by atoms with van der Waals surface area (Å²) in [6, 6.07) is 11.2. The quantitative estimate of drug-likeness (QED) is 0.897. The van der Waals surface area contributed by atoms with Crippen LogP contribution in [0.2, 0.25) is 0 Å². The van der Waals surface area contributed by atoms with Crippen LogP contribution in [0.5, 0.6) is 0 Å². The summed E-state index contributed by atoms with van der Waals surface area (Å²) in [5.74, 6) is -0.885. The molecule has 0 aromatic heterocycles. The number of hydrogen-bond acceptors (Lipinski definition) is 3. The molecule has 1 N–H and O–H groups in total. The summed E-state index contributed by atoms with van der Waals surface area (Å²) in [6.45, 7) is 3.12. The summed E-state index contributed by atoms with van der Waals surface area (Å²) < 4.78 is 5.36. The van der Waals surface area contributed by atoms with Crippen molar-refractivity contribution in [1.29, 1.82) is 0 Å². The van der Waals surface area contributed by atoms with Crippen LogP contribution in [0.3, 0.4) is 0 Å². The van der Waals surface area contributed by atoms with Gasteiger partial charge in [0.1, 0.15) is 0 Å². The number of nitrogens with zero attached hydrogens (tertiary/aromatic N) is 1. The molecular weight excluding hydrogens is 242 g/mol. The van der Waals surface area contributed by atoms with Crippen molar-refractivity contribution in [3.05, 3.63) is 42.0 Å². The average Bonchev–Trinajstić information content (AvgIpc) is 2.47. The third-order valence-corrected chi connectivity index (χ3v) is 3.48. The van der Waals surface area contributed by atoms with E-state index in [1.54, 1.807) is 6.07 Å². The summed E-state index contributed by atoms with van der Waals surface area (Å²) in [7, 11) is 0. The molecule has 2 aromatic rings. The fourth-order valence-corrected chi connectivity index (χ4v) is 2.55. The summed E-state index contributed by atoms with van der Waals surface area (Å²) in [4.78, 5) is 13.5. The van der Waals surface area contributed by atoms with E-state index in [1.807, 2.05) is 30.3 Å². The van der Waals surface area contributed by atoms with Crippen LogP contribution in [0.4, 0.5) is 5.69 Å². The van der Waals surface area contributed by atoms with Crippen molar-refractivity contribution in [2.45, 2.75) is 0 Å². The fraction of sp³-hybridized carbons (Fsp3) is 0.267. The highest BCUT2D eigenvalue weighted by atomic mass is 16.5. The van der Waals surface area contributed by atoms with Crippen LogP contribution in [0, 0.1) is 0 Å². The molecule has 1 aliphatic rings. The Morgan fingerprint density at radius 3 is 2.42 bits per heavy atom. The Balaban J connectivity index is 2.15. The Morgan fingerprint density at radius 1 is 1.05 bits per heavy atom. The van der Waals surface area contributed by atoms with Gasteiger partial charge in [0, 0.05) is 24.2 Å². The van der Waals surface area contributed by atoms with Gasteiger partial charge in [-0.25, -0.2) is 4.79 Å². The first kappa shape index (κ1) is 12.0. The summed E-state index contributed by atoms with van der Waals surface area (Å²) in [5, 5.41) is 11.0. The summed E-state index contributed by atoms with van der Waals surface area (Å²) in [6.07, 6.45) is 0. The van der Waals surface area contributed by atoms with Gasteiger partial charge in [-0.3, -0.25) is 0 Å². The lowest BCUT2D eigenvalue weighted by Gasteiger charge is -2.30. The van der Waals surface area contributed by atoms with E-state index in [4.69, 9.17) is 4.74 Å². The minimum Gasteiger partial charge on any atom is -0.478 e. The molecule has 0 radical (unpaired) electrons. The molecule has 1 heterocycles. The average molecular weight is 257 g/mol. The lowest BCUT2D eigenvalue weighted by Crippen LogP contribution is -2.36. The van der Waals surface area contributed by atoms with Crippen LogP contribution in [-0.4, -0.2) is 37.4 Å². The molecular formula is C15H15NO3. The molecule has 1 aliphatic heterocycles. The van der Waals surface area contributed by atoms with Crippen molar-refractivity contribution in [1.82, 2.24) is 0 Å². The van der Waals surface area contributed by atoms with Gasteiger partial charge in [-0.15, -0.1) is 0 Å². The van der Waals surface area contributed by atoms with Crippen molar-refractivity contribution in [2.24, 2.45) is 0 Å². The number of fused-ring (bicyclic) bond motifs is 1. The zero-order chi connectivity index (χ0) is 13.2. The lowest BCUT2D eigenvalue weighted by molar-refractivity contribution is 0.0699. The molecule has 0 unspecified atom stereocenters. The van der Waals surface area contributed by atoms with Crippen molar-refractivity contribution in [3.63, 3.8) is 0 Å². The first-order valence-electron chi connectivity index (χ1n) is 6.35. The number of benzene rings is 2. The molecule has 0 bridgehead atoms. The monoisotopic (exact) mass is 257 g/mol. The topological polar surface area (TPSA) is 49.8 Å². The first-order chi connectivity index (χ1) is 9.27. The second-order valence-electron chi connectivity index (χ2n) is 4.58. The number of carboxylic acids is 1. The van der Waals surface area contributed by atoms with Crippen LogP contribution in [0.15, 0.2) is 36.4 Å². The van der Waals surface area contributed by atoms with Crippen LogP contribution in [0.1, 0.15) is 10.4 Å². The molecule has 0 saturated carbocycles. The highest BCUT2D eigenvalue weighted by Crippen LogP contribution is 2.30. The number of anilines is 1. The number of rotatable bonds is 2. The standard InChI is InChI=1S/C15H15NO3/c17-15(18)13-5-6-14(16-7-9-19-10-8-16)12-4-2-1-3-11(12)13/h1-6H,7-10H2,(H,17,18). The van der Waals surface area contributed by atoms with Crippen molar-refractivity contribution >= 4 is 22.4 Å². The second-order valence-corrected chi connectivity index (χ2v) is 4.58. The predicted molar refractivity (Wildman–Crippen MR) is 73.9 cm³/mol. The number of carbonyl (C=O) groups is 1. The van der Waals surface area contributed by atoms with E-state index in [0.29, 0.717) is 5.56 Å². The molecule has 0 aliphatic carbocycles. The van der Waals surface area contributed by atoms with Crippen LogP contribution in [-0.2, 0) is 4.74 Å². The molecule has 3 rings (SSSR count). The largest absolute Gasteiger partial charge is 0.478 e. The van der Waals surface area contributed by atoms with Gasteiger partial charge in [-0.05, 0) is 17.5 Å². The van der Waals surface area contributed by atoms with Crippen LogP contribution in [0.25, 0.3) is 10.8 Å². The van der Waals surface area contributed by atoms with Crippen molar-refractivity contribution < 1.29 is 14.6 Å². The molecule has 19 heavy (non-hydrogen) atoms. The Kier molecular flexibility index (Phi) is 3.09. The normalized spacial score (nSPS) is 15.7. The maximum atomic E-state index is 11.3. The van der Waals surface area contributed by atoms with Gasteiger partial charge in [-0.1, -0.05) is 24.3 Å². The zero-order valence-corrected chi connectivity index (χ0v) is 10.5. The molecule has 1 saturated heterocycles. The van der Waals surface area contributed by atoms with E-state index in [2.05, 4.69) is 4.90 Å². The molecule has 0 spiro atoms. The van der Waals surface area contributed by atoms with E-state index in [0.717, 1.165) is 42.8 Å². The molecule has 0 atom stereocenters.